The molecule has 5 nitrogen and oxygen atoms in total. The van der Waals surface area contributed by atoms with Gasteiger partial charge < -0.3 is 5.32 Å². The monoisotopic (exact) mass is 283 g/mol. The summed E-state index contributed by atoms with van der Waals surface area (Å²) >= 11 is 5.80. The SMILES string of the molecule is NNc1ncc(Cl)c(NCCCCC(F)(F)F)n1. The Kier molecular flexibility index (Phi) is 5.42. The van der Waals surface area contributed by atoms with Crippen molar-refractivity contribution >= 4 is 23.4 Å². The Labute approximate surface area is 107 Å². The summed E-state index contributed by atoms with van der Waals surface area (Å²) in [5.41, 5.74) is 2.25. The predicted molar refractivity (Wildman–Crippen MR) is 63.2 cm³/mol. The molecule has 0 aliphatic carbocycles. The molecule has 0 unspecified atom stereocenters. The number of hydrazine groups is 1. The molecule has 0 fully saturated rings. The van der Waals surface area contributed by atoms with Gasteiger partial charge in [-0.2, -0.15) is 18.2 Å². The molecule has 0 atom stereocenters. The van der Waals surface area contributed by atoms with E-state index in [2.05, 4.69) is 20.7 Å². The van der Waals surface area contributed by atoms with Gasteiger partial charge in [0, 0.05) is 13.0 Å². The normalized spacial score (nSPS) is 11.4. The van der Waals surface area contributed by atoms with E-state index in [-0.39, 0.29) is 17.4 Å². The molecule has 0 aromatic carbocycles. The van der Waals surface area contributed by atoms with Crippen molar-refractivity contribution in [2.75, 3.05) is 17.3 Å². The Morgan fingerprint density at radius 2 is 2.06 bits per heavy atom. The van der Waals surface area contributed by atoms with Gasteiger partial charge in [0.25, 0.3) is 0 Å². The van der Waals surface area contributed by atoms with E-state index in [4.69, 9.17) is 17.4 Å². The maximum absolute atomic E-state index is 11.9. The number of nitrogens with two attached hydrogens (primary N) is 1. The van der Waals surface area contributed by atoms with Gasteiger partial charge in [0.1, 0.15) is 5.02 Å². The van der Waals surface area contributed by atoms with Gasteiger partial charge in [0.2, 0.25) is 5.95 Å². The topological polar surface area (TPSA) is 75.9 Å². The molecule has 102 valence electrons. The molecule has 9 heteroatoms. The van der Waals surface area contributed by atoms with Crippen molar-refractivity contribution in [2.45, 2.75) is 25.4 Å². The smallest absolute Gasteiger partial charge is 0.369 e. The highest BCUT2D eigenvalue weighted by molar-refractivity contribution is 6.32. The number of alkyl halides is 3. The lowest BCUT2D eigenvalue weighted by Crippen LogP contribution is -2.13. The van der Waals surface area contributed by atoms with E-state index in [1.807, 2.05) is 0 Å². The van der Waals surface area contributed by atoms with E-state index in [9.17, 15) is 13.2 Å². The van der Waals surface area contributed by atoms with Gasteiger partial charge in [-0.25, -0.2) is 10.8 Å². The average molecular weight is 284 g/mol. The first kappa shape index (κ1) is 14.8. The van der Waals surface area contributed by atoms with Crippen molar-refractivity contribution in [3.05, 3.63) is 11.2 Å². The number of halogens is 4. The molecule has 18 heavy (non-hydrogen) atoms. The summed E-state index contributed by atoms with van der Waals surface area (Å²) in [6.45, 7) is 0.344. The summed E-state index contributed by atoms with van der Waals surface area (Å²) in [5.74, 6) is 5.64. The van der Waals surface area contributed by atoms with E-state index < -0.39 is 12.6 Å². The second-order valence-corrected chi connectivity index (χ2v) is 3.94. The molecule has 0 saturated heterocycles. The molecule has 0 spiro atoms. The highest BCUT2D eigenvalue weighted by atomic mass is 35.5. The van der Waals surface area contributed by atoms with Gasteiger partial charge in [-0.1, -0.05) is 11.6 Å². The maximum atomic E-state index is 11.9. The van der Waals surface area contributed by atoms with Crippen LogP contribution in [0.3, 0.4) is 0 Å². The van der Waals surface area contributed by atoms with Crippen molar-refractivity contribution in [2.24, 2.45) is 5.84 Å². The van der Waals surface area contributed by atoms with E-state index in [0.29, 0.717) is 18.8 Å². The quantitative estimate of drug-likeness (QED) is 0.425. The number of anilines is 2. The van der Waals surface area contributed by atoms with Gasteiger partial charge >= 0.3 is 6.18 Å². The highest BCUT2D eigenvalue weighted by Gasteiger charge is 2.25. The minimum absolute atomic E-state index is 0.0567. The molecule has 1 heterocycles. The van der Waals surface area contributed by atoms with Crippen molar-refractivity contribution in [1.82, 2.24) is 9.97 Å². The molecule has 0 bridgehead atoms. The first-order chi connectivity index (χ1) is 8.42. The first-order valence-electron chi connectivity index (χ1n) is 5.22. The van der Waals surface area contributed by atoms with Crippen LogP contribution in [-0.2, 0) is 0 Å². The fourth-order valence-corrected chi connectivity index (χ4v) is 1.38. The number of rotatable bonds is 6. The zero-order chi connectivity index (χ0) is 13.6. The number of nitrogens with zero attached hydrogens (tertiary/aromatic N) is 2. The fraction of sp³-hybridized carbons (Fsp3) is 0.556. The van der Waals surface area contributed by atoms with Crippen LogP contribution < -0.4 is 16.6 Å². The van der Waals surface area contributed by atoms with Crippen LogP contribution in [0.4, 0.5) is 24.9 Å². The summed E-state index contributed by atoms with van der Waals surface area (Å²) in [6.07, 6.45) is -3.13. The van der Waals surface area contributed by atoms with Crippen LogP contribution in [0.2, 0.25) is 5.02 Å². The van der Waals surface area contributed by atoms with Crippen molar-refractivity contribution in [1.29, 1.82) is 0 Å². The first-order valence-corrected chi connectivity index (χ1v) is 5.60. The number of unbranched alkanes of at least 4 members (excludes halogenated alkanes) is 1. The number of nitrogens with one attached hydrogen (secondary N) is 2. The molecular weight excluding hydrogens is 271 g/mol. The fourth-order valence-electron chi connectivity index (χ4n) is 1.22. The molecule has 1 rings (SSSR count). The molecule has 1 aromatic rings. The number of nitrogen functional groups attached to an aromatic ring is 1. The maximum Gasteiger partial charge on any atom is 0.389 e. The van der Waals surface area contributed by atoms with Crippen molar-refractivity contribution in [3.63, 3.8) is 0 Å². The molecule has 4 N–H and O–H groups in total. The predicted octanol–water partition coefficient (Wildman–Crippen LogP) is 2.56. The summed E-state index contributed by atoms with van der Waals surface area (Å²) in [4.78, 5) is 7.69. The van der Waals surface area contributed by atoms with Crippen LogP contribution in [0.1, 0.15) is 19.3 Å². The summed E-state index contributed by atoms with van der Waals surface area (Å²) in [5, 5.41) is 3.11. The number of aromatic nitrogens is 2. The highest BCUT2D eigenvalue weighted by Crippen LogP contribution is 2.23. The van der Waals surface area contributed by atoms with Crippen LogP contribution in [-0.4, -0.2) is 22.7 Å². The Hall–Kier alpha value is -1.28. The third-order valence-electron chi connectivity index (χ3n) is 2.05. The lowest BCUT2D eigenvalue weighted by atomic mass is 10.2. The molecule has 0 aliphatic rings. The lowest BCUT2D eigenvalue weighted by molar-refractivity contribution is -0.135. The molecule has 0 aliphatic heterocycles. The van der Waals surface area contributed by atoms with Gasteiger partial charge in [0.15, 0.2) is 5.82 Å². The van der Waals surface area contributed by atoms with Gasteiger partial charge in [-0.05, 0) is 12.8 Å². The Balaban J connectivity index is 2.35. The lowest BCUT2D eigenvalue weighted by Gasteiger charge is -2.09. The van der Waals surface area contributed by atoms with Crippen molar-refractivity contribution in [3.8, 4) is 0 Å². The summed E-state index contributed by atoms with van der Waals surface area (Å²) in [7, 11) is 0. The number of hydrogen-bond acceptors (Lipinski definition) is 5. The van der Waals surface area contributed by atoms with Crippen LogP contribution in [0.25, 0.3) is 0 Å². The van der Waals surface area contributed by atoms with Crippen LogP contribution in [0.15, 0.2) is 6.20 Å². The second kappa shape index (κ2) is 6.60. The molecule has 0 radical (unpaired) electrons. The molecule has 0 saturated carbocycles. The zero-order valence-electron chi connectivity index (χ0n) is 9.39. The molecular formula is C9H13ClF3N5. The standard InChI is InChI=1S/C9H13ClF3N5/c10-6-5-16-8(18-14)17-7(6)15-4-2-1-3-9(11,12)13/h5H,1-4,14H2,(H2,15,16,17,18). The zero-order valence-corrected chi connectivity index (χ0v) is 10.1. The van der Waals surface area contributed by atoms with E-state index in [0.717, 1.165) is 0 Å². The Bertz CT molecular complexity index is 385. The molecule has 0 amide bonds. The van der Waals surface area contributed by atoms with E-state index in [1.54, 1.807) is 0 Å². The van der Waals surface area contributed by atoms with Crippen LogP contribution in [0.5, 0.6) is 0 Å². The van der Waals surface area contributed by atoms with Gasteiger partial charge in [0.05, 0.1) is 6.20 Å². The minimum Gasteiger partial charge on any atom is -0.369 e. The van der Waals surface area contributed by atoms with Crippen LogP contribution >= 0.6 is 11.6 Å². The summed E-state index contributed by atoms with van der Waals surface area (Å²) in [6, 6.07) is 0. The largest absolute Gasteiger partial charge is 0.389 e. The average Bonchev–Trinajstić information content (AvgIpc) is 2.29. The third-order valence-corrected chi connectivity index (χ3v) is 2.33. The Morgan fingerprint density at radius 3 is 2.67 bits per heavy atom. The van der Waals surface area contributed by atoms with Gasteiger partial charge in [-0.15, -0.1) is 0 Å². The third kappa shape index (κ3) is 5.37. The van der Waals surface area contributed by atoms with Crippen LogP contribution in [0, 0.1) is 0 Å². The second-order valence-electron chi connectivity index (χ2n) is 3.53. The minimum atomic E-state index is -4.11. The number of hydrogen-bond donors (Lipinski definition) is 3. The van der Waals surface area contributed by atoms with Gasteiger partial charge in [-0.3, -0.25) is 5.43 Å². The van der Waals surface area contributed by atoms with E-state index in [1.165, 1.54) is 6.20 Å². The molecule has 1 aromatic heterocycles. The van der Waals surface area contributed by atoms with Crippen molar-refractivity contribution < 1.29 is 13.2 Å². The van der Waals surface area contributed by atoms with E-state index >= 15 is 0 Å². The summed E-state index contributed by atoms with van der Waals surface area (Å²) < 4.78 is 35.7. The Morgan fingerprint density at radius 1 is 1.33 bits per heavy atom.